The molecule has 0 aliphatic carbocycles. The van der Waals surface area contributed by atoms with Crippen molar-refractivity contribution in [3.8, 4) is 0 Å². The monoisotopic (exact) mass is 337 g/mol. The first-order valence-electron chi connectivity index (χ1n) is 6.85. The summed E-state index contributed by atoms with van der Waals surface area (Å²) in [6.45, 7) is 4.13. The van der Waals surface area contributed by atoms with Gasteiger partial charge in [0.15, 0.2) is 5.82 Å². The Bertz CT molecular complexity index is 636. The Morgan fingerprint density at radius 3 is 2.62 bits per heavy atom. The minimum Gasteiger partial charge on any atom is -0.207 e. The van der Waals surface area contributed by atoms with Gasteiger partial charge in [-0.1, -0.05) is 6.92 Å². The molecule has 7 heteroatoms. The van der Waals surface area contributed by atoms with E-state index in [2.05, 4.69) is 0 Å². The quantitative estimate of drug-likeness (QED) is 0.791. The molecule has 1 saturated heterocycles. The van der Waals surface area contributed by atoms with Gasteiger partial charge in [0.1, 0.15) is 10.7 Å². The van der Waals surface area contributed by atoms with Crippen LogP contribution in [0.5, 0.6) is 0 Å². The first kappa shape index (κ1) is 16.6. The number of hydrogen-bond acceptors (Lipinski definition) is 2. The maximum absolute atomic E-state index is 14.3. The van der Waals surface area contributed by atoms with Crippen molar-refractivity contribution >= 4 is 21.6 Å². The van der Waals surface area contributed by atoms with Gasteiger partial charge in [-0.2, -0.15) is 4.31 Å². The van der Waals surface area contributed by atoms with E-state index in [1.807, 2.05) is 13.8 Å². The van der Waals surface area contributed by atoms with E-state index in [-0.39, 0.29) is 12.0 Å². The Hall–Kier alpha value is -0.720. The number of hydrogen-bond donors (Lipinski definition) is 0. The normalized spacial score (nSPS) is 24.2. The lowest BCUT2D eigenvalue weighted by atomic mass is 9.94. The lowest BCUT2D eigenvalue weighted by Crippen LogP contribution is -2.46. The summed E-state index contributed by atoms with van der Waals surface area (Å²) in [6.07, 6.45) is 1.67. The second-order valence-corrected chi connectivity index (χ2v) is 7.57. The summed E-state index contributed by atoms with van der Waals surface area (Å²) in [5, 5.41) is 0. The molecule has 21 heavy (non-hydrogen) atoms. The van der Waals surface area contributed by atoms with Crippen LogP contribution in [0.25, 0.3) is 0 Å². The highest BCUT2D eigenvalue weighted by Crippen LogP contribution is 2.31. The average Bonchev–Trinajstić information content (AvgIpc) is 2.41. The van der Waals surface area contributed by atoms with Crippen LogP contribution in [-0.4, -0.2) is 25.3 Å². The summed E-state index contributed by atoms with van der Waals surface area (Å²) >= 11 is 5.51. The van der Waals surface area contributed by atoms with Crippen LogP contribution in [0, 0.1) is 17.6 Å². The van der Waals surface area contributed by atoms with Gasteiger partial charge < -0.3 is 0 Å². The van der Waals surface area contributed by atoms with E-state index in [1.54, 1.807) is 0 Å². The molecular weight excluding hydrogens is 320 g/mol. The molecule has 3 nitrogen and oxygen atoms in total. The third kappa shape index (κ3) is 2.94. The number of sulfonamides is 1. The van der Waals surface area contributed by atoms with Crippen LogP contribution < -0.4 is 0 Å². The van der Waals surface area contributed by atoms with Crippen molar-refractivity contribution in [2.75, 3.05) is 6.54 Å². The average molecular weight is 338 g/mol. The van der Waals surface area contributed by atoms with E-state index in [1.165, 1.54) is 4.31 Å². The molecule has 0 saturated carbocycles. The van der Waals surface area contributed by atoms with Crippen LogP contribution in [-0.2, 0) is 15.9 Å². The number of rotatable bonds is 3. The van der Waals surface area contributed by atoms with E-state index in [0.29, 0.717) is 6.54 Å². The van der Waals surface area contributed by atoms with Crippen LogP contribution in [0.3, 0.4) is 0 Å². The molecule has 118 valence electrons. The molecule has 1 heterocycles. The molecule has 0 amide bonds. The number of alkyl halides is 1. The summed E-state index contributed by atoms with van der Waals surface area (Å²) in [6, 6.07) is 1.71. The summed E-state index contributed by atoms with van der Waals surface area (Å²) in [7, 11) is -3.99. The standard InChI is InChI=1S/C14H18ClF2NO2S/c1-9-4-3-7-18(10(9)2)21(19,20)13-6-5-12(16)11(8-15)14(13)17/h5-6,9-10H,3-4,7-8H2,1-2H3. The minimum absolute atomic E-state index is 0.199. The van der Waals surface area contributed by atoms with Gasteiger partial charge in [-0.25, -0.2) is 17.2 Å². The molecule has 2 rings (SSSR count). The fourth-order valence-electron chi connectivity index (χ4n) is 2.66. The zero-order valence-corrected chi connectivity index (χ0v) is 13.5. The van der Waals surface area contributed by atoms with Gasteiger partial charge in [0.05, 0.1) is 5.88 Å². The maximum atomic E-state index is 14.3. The Morgan fingerprint density at radius 2 is 2.00 bits per heavy atom. The van der Waals surface area contributed by atoms with Crippen molar-refractivity contribution in [2.24, 2.45) is 5.92 Å². The van der Waals surface area contributed by atoms with Crippen molar-refractivity contribution < 1.29 is 17.2 Å². The molecule has 1 aliphatic heterocycles. The van der Waals surface area contributed by atoms with Crippen molar-refractivity contribution in [1.82, 2.24) is 4.31 Å². The summed E-state index contributed by atoms with van der Waals surface area (Å²) in [4.78, 5) is -0.500. The first-order valence-corrected chi connectivity index (χ1v) is 8.82. The van der Waals surface area contributed by atoms with E-state index < -0.39 is 38.0 Å². The number of piperidine rings is 1. The topological polar surface area (TPSA) is 37.4 Å². The highest BCUT2D eigenvalue weighted by molar-refractivity contribution is 7.89. The molecular formula is C14H18ClF2NO2S. The molecule has 1 aromatic carbocycles. The van der Waals surface area contributed by atoms with Gasteiger partial charge in [0.25, 0.3) is 0 Å². The Morgan fingerprint density at radius 1 is 1.33 bits per heavy atom. The number of nitrogens with zero attached hydrogens (tertiary/aromatic N) is 1. The second-order valence-electron chi connectivity index (χ2n) is 5.45. The highest BCUT2D eigenvalue weighted by atomic mass is 35.5. The number of benzene rings is 1. The van der Waals surface area contributed by atoms with E-state index in [0.717, 1.165) is 25.0 Å². The molecule has 2 unspecified atom stereocenters. The Labute approximate surface area is 129 Å². The molecule has 0 radical (unpaired) electrons. The third-order valence-corrected chi connectivity index (χ3v) is 6.46. The van der Waals surface area contributed by atoms with Crippen molar-refractivity contribution in [3.63, 3.8) is 0 Å². The lowest BCUT2D eigenvalue weighted by Gasteiger charge is -2.36. The van der Waals surface area contributed by atoms with Gasteiger partial charge >= 0.3 is 0 Å². The zero-order chi connectivity index (χ0) is 15.8. The summed E-state index contributed by atoms with van der Waals surface area (Å²) in [5.41, 5.74) is -0.407. The Kier molecular flexibility index (Phi) is 4.90. The van der Waals surface area contributed by atoms with Crippen molar-refractivity contribution in [1.29, 1.82) is 0 Å². The van der Waals surface area contributed by atoms with Crippen LogP contribution >= 0.6 is 11.6 Å². The third-order valence-electron chi connectivity index (χ3n) is 4.19. The van der Waals surface area contributed by atoms with E-state index in [4.69, 9.17) is 11.6 Å². The molecule has 0 spiro atoms. The van der Waals surface area contributed by atoms with Gasteiger partial charge in [0.2, 0.25) is 10.0 Å². The fourth-order valence-corrected chi connectivity index (χ4v) is 4.76. The molecule has 0 aromatic heterocycles. The van der Waals surface area contributed by atoms with Gasteiger partial charge in [-0.3, -0.25) is 0 Å². The highest BCUT2D eigenvalue weighted by Gasteiger charge is 2.36. The van der Waals surface area contributed by atoms with Gasteiger partial charge in [0, 0.05) is 18.2 Å². The van der Waals surface area contributed by atoms with Crippen LogP contribution in [0.15, 0.2) is 17.0 Å². The largest absolute Gasteiger partial charge is 0.246 e. The number of halogens is 3. The molecule has 0 bridgehead atoms. The molecule has 1 aromatic rings. The lowest BCUT2D eigenvalue weighted by molar-refractivity contribution is 0.202. The minimum atomic E-state index is -3.99. The first-order chi connectivity index (χ1) is 9.80. The van der Waals surface area contributed by atoms with E-state index >= 15 is 0 Å². The Balaban J connectivity index is 2.49. The fraction of sp³-hybridized carbons (Fsp3) is 0.571. The summed E-state index contributed by atoms with van der Waals surface area (Å²) in [5.74, 6) is -2.13. The van der Waals surface area contributed by atoms with Crippen LogP contribution in [0.4, 0.5) is 8.78 Å². The smallest absolute Gasteiger partial charge is 0.207 e. The van der Waals surface area contributed by atoms with Crippen LogP contribution in [0.1, 0.15) is 32.3 Å². The van der Waals surface area contributed by atoms with Crippen LogP contribution in [0.2, 0.25) is 0 Å². The molecule has 2 atom stereocenters. The van der Waals surface area contributed by atoms with Gasteiger partial charge in [-0.05, 0) is 37.8 Å². The summed E-state index contributed by atoms with van der Waals surface area (Å²) < 4.78 is 54.4. The molecule has 1 aliphatic rings. The van der Waals surface area contributed by atoms with E-state index in [9.17, 15) is 17.2 Å². The second kappa shape index (κ2) is 6.18. The zero-order valence-electron chi connectivity index (χ0n) is 11.9. The van der Waals surface area contributed by atoms with Crippen molar-refractivity contribution in [2.45, 2.75) is 43.5 Å². The maximum Gasteiger partial charge on any atom is 0.246 e. The van der Waals surface area contributed by atoms with Gasteiger partial charge in [-0.15, -0.1) is 11.6 Å². The predicted molar refractivity (Wildman–Crippen MR) is 77.7 cm³/mol. The molecule has 1 fully saturated rings. The molecule has 0 N–H and O–H groups in total. The SMILES string of the molecule is CC1CCCN(S(=O)(=O)c2ccc(F)c(CCl)c2F)C1C. The predicted octanol–water partition coefficient (Wildman–Crippen LogP) is 3.51. The van der Waals surface area contributed by atoms with Crippen molar-refractivity contribution in [3.05, 3.63) is 29.3 Å².